The number of carbonyl (C=O) groups excluding carboxylic acids is 1. The number of hydrogen-bond donors (Lipinski definition) is 1. The Morgan fingerprint density at radius 3 is 2.58 bits per heavy atom. The van der Waals surface area contributed by atoms with Gasteiger partial charge in [0.1, 0.15) is 10.6 Å². The van der Waals surface area contributed by atoms with Gasteiger partial charge in [0.15, 0.2) is 0 Å². The maximum Gasteiger partial charge on any atom is 0.355 e. The van der Waals surface area contributed by atoms with Crippen LogP contribution in [0.2, 0.25) is 0 Å². The molecule has 0 radical (unpaired) electrons. The molecule has 1 fully saturated rings. The summed E-state index contributed by atoms with van der Waals surface area (Å²) in [5.41, 5.74) is 1.10. The first kappa shape index (κ1) is 18.6. The fourth-order valence-electron chi connectivity index (χ4n) is 2.90. The van der Waals surface area contributed by atoms with Gasteiger partial charge in [-0.15, -0.1) is 0 Å². The second kappa shape index (κ2) is 8.03. The van der Waals surface area contributed by atoms with Gasteiger partial charge in [0.25, 0.3) is 0 Å². The van der Waals surface area contributed by atoms with Gasteiger partial charge in [0.2, 0.25) is 10.0 Å². The summed E-state index contributed by atoms with van der Waals surface area (Å²) < 4.78 is 35.6. The Morgan fingerprint density at radius 2 is 1.92 bits per heavy atom. The number of benzene rings is 1. The smallest absolute Gasteiger partial charge is 0.355 e. The van der Waals surface area contributed by atoms with Crippen LogP contribution in [-0.2, 0) is 26.0 Å². The molecule has 26 heavy (non-hydrogen) atoms. The minimum atomic E-state index is -3.91. The number of sulfonamides is 1. The Kier molecular flexibility index (Phi) is 5.75. The van der Waals surface area contributed by atoms with E-state index in [2.05, 4.69) is 0 Å². The van der Waals surface area contributed by atoms with Crippen LogP contribution < -0.4 is 5.14 Å². The monoisotopic (exact) mass is 378 g/mol. The number of esters is 1. The number of primary sulfonamides is 1. The summed E-state index contributed by atoms with van der Waals surface area (Å²) in [4.78, 5) is 12.4. The molecule has 0 unspecified atom stereocenters. The second-order valence-corrected chi connectivity index (χ2v) is 7.94. The quantitative estimate of drug-likeness (QED) is 0.772. The molecule has 0 atom stereocenters. The summed E-state index contributed by atoms with van der Waals surface area (Å²) in [6.07, 6.45) is 3.06. The number of aromatic nitrogens is 1. The molecule has 0 spiro atoms. The molecule has 140 valence electrons. The molecule has 7 nitrogen and oxygen atoms in total. The van der Waals surface area contributed by atoms with Crippen molar-refractivity contribution in [2.24, 2.45) is 11.1 Å². The minimum absolute atomic E-state index is 0.105. The van der Waals surface area contributed by atoms with Crippen LogP contribution in [0.5, 0.6) is 0 Å². The average molecular weight is 378 g/mol. The van der Waals surface area contributed by atoms with E-state index in [0.717, 1.165) is 18.4 Å². The Balaban J connectivity index is 1.79. The van der Waals surface area contributed by atoms with Crippen molar-refractivity contribution in [1.82, 2.24) is 4.57 Å². The van der Waals surface area contributed by atoms with E-state index < -0.39 is 16.0 Å². The van der Waals surface area contributed by atoms with Crippen LogP contribution in [0.4, 0.5) is 0 Å². The van der Waals surface area contributed by atoms with Crippen LogP contribution in [0.15, 0.2) is 47.5 Å². The van der Waals surface area contributed by atoms with E-state index in [0.29, 0.717) is 26.4 Å². The number of ether oxygens (including phenoxy) is 2. The zero-order valence-electron chi connectivity index (χ0n) is 14.3. The van der Waals surface area contributed by atoms with Crippen molar-refractivity contribution in [2.45, 2.75) is 24.3 Å². The summed E-state index contributed by atoms with van der Waals surface area (Å²) in [5.74, 6) is -0.287. The normalized spacial score (nSPS) is 15.7. The highest BCUT2D eigenvalue weighted by atomic mass is 32.2. The molecule has 1 saturated heterocycles. The first-order valence-corrected chi connectivity index (χ1v) is 10.00. The first-order valence-electron chi connectivity index (χ1n) is 8.45. The molecular formula is C18H22N2O5S. The highest BCUT2D eigenvalue weighted by molar-refractivity contribution is 7.89. The molecule has 8 heteroatoms. The third-order valence-corrected chi connectivity index (χ3v) is 5.28. The SMILES string of the molecule is NS(=O)(=O)c1cc(C(=O)OCC2CCOCC2)n(Cc2ccccc2)c1. The van der Waals surface area contributed by atoms with Gasteiger partial charge in [-0.25, -0.2) is 18.4 Å². The molecular weight excluding hydrogens is 356 g/mol. The molecule has 1 aliphatic rings. The highest BCUT2D eigenvalue weighted by Crippen LogP contribution is 2.19. The van der Waals surface area contributed by atoms with Gasteiger partial charge in [-0.1, -0.05) is 30.3 Å². The first-order chi connectivity index (χ1) is 12.4. The van der Waals surface area contributed by atoms with E-state index in [-0.39, 0.29) is 16.5 Å². The van der Waals surface area contributed by atoms with Gasteiger partial charge >= 0.3 is 5.97 Å². The number of nitrogens with zero attached hydrogens (tertiary/aromatic N) is 1. The van der Waals surface area contributed by atoms with Crippen molar-refractivity contribution in [3.05, 3.63) is 53.9 Å². The van der Waals surface area contributed by atoms with E-state index in [9.17, 15) is 13.2 Å². The summed E-state index contributed by atoms with van der Waals surface area (Å²) in [7, 11) is -3.91. The number of hydrogen-bond acceptors (Lipinski definition) is 5. The van der Waals surface area contributed by atoms with Crippen molar-refractivity contribution in [2.75, 3.05) is 19.8 Å². The van der Waals surface area contributed by atoms with Crippen LogP contribution in [0.25, 0.3) is 0 Å². The lowest BCUT2D eigenvalue weighted by molar-refractivity contribution is 0.0178. The van der Waals surface area contributed by atoms with E-state index in [1.807, 2.05) is 30.3 Å². The molecule has 0 bridgehead atoms. The molecule has 3 rings (SSSR count). The van der Waals surface area contributed by atoms with Gasteiger partial charge in [0, 0.05) is 26.0 Å². The van der Waals surface area contributed by atoms with Crippen molar-refractivity contribution in [3.63, 3.8) is 0 Å². The minimum Gasteiger partial charge on any atom is -0.461 e. The standard InChI is InChI=1S/C18H22N2O5S/c19-26(22,23)16-10-17(18(21)25-13-15-6-8-24-9-7-15)20(12-16)11-14-4-2-1-3-5-14/h1-5,10,12,15H,6-9,11,13H2,(H2,19,22,23). The Hall–Kier alpha value is -2.16. The van der Waals surface area contributed by atoms with Crippen LogP contribution in [0.3, 0.4) is 0 Å². The zero-order chi connectivity index (χ0) is 18.6. The lowest BCUT2D eigenvalue weighted by Gasteiger charge is -2.21. The van der Waals surface area contributed by atoms with Gasteiger partial charge in [0.05, 0.1) is 6.61 Å². The molecule has 2 aromatic rings. The molecule has 0 aliphatic carbocycles. The summed E-state index contributed by atoms with van der Waals surface area (Å²) in [6, 6.07) is 10.7. The predicted molar refractivity (Wildman–Crippen MR) is 95.2 cm³/mol. The van der Waals surface area contributed by atoms with Crippen molar-refractivity contribution in [1.29, 1.82) is 0 Å². The number of nitrogens with two attached hydrogens (primary N) is 1. The highest BCUT2D eigenvalue weighted by Gasteiger charge is 2.22. The third kappa shape index (κ3) is 4.72. The third-order valence-electron chi connectivity index (χ3n) is 4.40. The van der Waals surface area contributed by atoms with Gasteiger partial charge in [-0.2, -0.15) is 0 Å². The Morgan fingerprint density at radius 1 is 1.23 bits per heavy atom. The summed E-state index contributed by atoms with van der Waals surface area (Å²) >= 11 is 0. The van der Waals surface area contributed by atoms with Crippen LogP contribution >= 0.6 is 0 Å². The van der Waals surface area contributed by atoms with Crippen molar-refractivity contribution >= 4 is 16.0 Å². The van der Waals surface area contributed by atoms with E-state index in [4.69, 9.17) is 14.6 Å². The van der Waals surface area contributed by atoms with Gasteiger partial charge in [-0.05, 0) is 30.4 Å². The number of rotatable bonds is 6. The predicted octanol–water partition coefficient (Wildman–Crippen LogP) is 1.77. The molecule has 0 saturated carbocycles. The Labute approximate surface area is 152 Å². The molecule has 0 amide bonds. The second-order valence-electron chi connectivity index (χ2n) is 6.37. The number of carbonyl (C=O) groups is 1. The molecule has 1 aromatic carbocycles. The van der Waals surface area contributed by atoms with Gasteiger partial charge in [-0.3, -0.25) is 0 Å². The summed E-state index contributed by atoms with van der Waals surface area (Å²) in [5, 5.41) is 5.22. The summed E-state index contributed by atoms with van der Waals surface area (Å²) in [6.45, 7) is 1.98. The van der Waals surface area contributed by atoms with E-state index >= 15 is 0 Å². The van der Waals surface area contributed by atoms with Crippen molar-refractivity contribution in [3.8, 4) is 0 Å². The molecule has 1 aromatic heterocycles. The fraction of sp³-hybridized carbons (Fsp3) is 0.389. The van der Waals surface area contributed by atoms with Crippen molar-refractivity contribution < 1.29 is 22.7 Å². The lowest BCUT2D eigenvalue weighted by atomic mass is 10.0. The maximum atomic E-state index is 12.5. The Bertz CT molecular complexity index is 855. The fourth-order valence-corrected chi connectivity index (χ4v) is 3.45. The largest absolute Gasteiger partial charge is 0.461 e. The average Bonchev–Trinajstić information content (AvgIpc) is 3.06. The molecule has 2 heterocycles. The van der Waals surface area contributed by atoms with E-state index in [1.165, 1.54) is 12.3 Å². The van der Waals surface area contributed by atoms with Crippen LogP contribution in [-0.4, -0.2) is 38.8 Å². The van der Waals surface area contributed by atoms with Crippen LogP contribution in [0, 0.1) is 5.92 Å². The van der Waals surface area contributed by atoms with E-state index in [1.54, 1.807) is 4.57 Å². The molecule has 1 aliphatic heterocycles. The lowest BCUT2D eigenvalue weighted by Crippen LogP contribution is -2.22. The topological polar surface area (TPSA) is 101 Å². The van der Waals surface area contributed by atoms with Crippen LogP contribution in [0.1, 0.15) is 28.9 Å². The molecule has 2 N–H and O–H groups in total. The zero-order valence-corrected chi connectivity index (χ0v) is 15.2. The van der Waals surface area contributed by atoms with Gasteiger partial charge < -0.3 is 14.0 Å². The maximum absolute atomic E-state index is 12.5.